The van der Waals surface area contributed by atoms with Gasteiger partial charge >= 0.3 is 0 Å². The molecule has 2 atom stereocenters. The predicted molar refractivity (Wildman–Crippen MR) is 92.9 cm³/mol. The zero-order valence-electron chi connectivity index (χ0n) is 14.0. The molecule has 4 heterocycles. The average molecular weight is 323 g/mol. The van der Waals surface area contributed by atoms with Gasteiger partial charge in [0.2, 0.25) is 0 Å². The second-order valence-corrected chi connectivity index (χ2v) is 7.55. The summed E-state index contributed by atoms with van der Waals surface area (Å²) < 4.78 is 1.86. The number of nitrogens with one attached hydrogen (secondary N) is 1. The summed E-state index contributed by atoms with van der Waals surface area (Å²) in [7, 11) is 0. The zero-order chi connectivity index (χ0) is 15.9. The van der Waals surface area contributed by atoms with Gasteiger partial charge in [0.05, 0.1) is 0 Å². The Kier molecular flexibility index (Phi) is 3.64. The minimum Gasteiger partial charge on any atom is -0.310 e. The molecule has 3 fully saturated rings. The van der Waals surface area contributed by atoms with Crippen LogP contribution in [-0.2, 0) is 6.54 Å². The van der Waals surface area contributed by atoms with Crippen LogP contribution in [0.3, 0.4) is 0 Å². The van der Waals surface area contributed by atoms with Crippen molar-refractivity contribution in [2.75, 3.05) is 0 Å². The highest BCUT2D eigenvalue weighted by Gasteiger charge is 2.46. The third-order valence-corrected chi connectivity index (χ3v) is 5.93. The molecule has 126 valence electrons. The van der Waals surface area contributed by atoms with Crippen LogP contribution in [0, 0.1) is 0 Å². The van der Waals surface area contributed by atoms with Crippen LogP contribution in [0.1, 0.15) is 44.1 Å². The summed E-state index contributed by atoms with van der Waals surface area (Å²) >= 11 is 0. The van der Waals surface area contributed by atoms with E-state index in [1.807, 2.05) is 29.2 Å². The Hall–Kier alpha value is -1.72. The monoisotopic (exact) mass is 323 g/mol. The lowest BCUT2D eigenvalue weighted by Gasteiger charge is -2.39. The highest BCUT2D eigenvalue weighted by Crippen LogP contribution is 2.43. The number of nitrogens with zero attached hydrogens (tertiary/aromatic N) is 4. The van der Waals surface area contributed by atoms with Gasteiger partial charge in [-0.25, -0.2) is 9.67 Å². The fraction of sp³-hybridized carbons (Fsp3) is 0.579. The molecule has 0 aromatic carbocycles. The third kappa shape index (κ3) is 2.66. The van der Waals surface area contributed by atoms with Crippen LogP contribution in [0.15, 0.2) is 36.8 Å². The predicted octanol–water partition coefficient (Wildman–Crippen LogP) is 2.51. The van der Waals surface area contributed by atoms with E-state index in [9.17, 15) is 0 Å². The van der Waals surface area contributed by atoms with E-state index in [-0.39, 0.29) is 0 Å². The van der Waals surface area contributed by atoms with Crippen molar-refractivity contribution in [2.45, 2.75) is 69.2 Å². The van der Waals surface area contributed by atoms with Crippen LogP contribution in [0.25, 0.3) is 5.82 Å². The molecule has 24 heavy (non-hydrogen) atoms. The topological polar surface area (TPSA) is 46.0 Å². The van der Waals surface area contributed by atoms with Gasteiger partial charge < -0.3 is 5.32 Å². The molecule has 0 spiro atoms. The van der Waals surface area contributed by atoms with Crippen LogP contribution in [0.5, 0.6) is 0 Å². The lowest BCUT2D eigenvalue weighted by Crippen LogP contribution is -2.49. The number of hydrogen-bond acceptors (Lipinski definition) is 4. The lowest BCUT2D eigenvalue weighted by atomic mass is 9.97. The van der Waals surface area contributed by atoms with Crippen LogP contribution in [-0.4, -0.2) is 43.8 Å². The summed E-state index contributed by atoms with van der Waals surface area (Å²) in [5.41, 5.74) is 1.22. The first kappa shape index (κ1) is 14.6. The van der Waals surface area contributed by atoms with Crippen LogP contribution >= 0.6 is 0 Å². The van der Waals surface area contributed by atoms with Gasteiger partial charge in [-0.3, -0.25) is 4.90 Å². The summed E-state index contributed by atoms with van der Waals surface area (Å²) in [6, 6.07) is 9.34. The first-order chi connectivity index (χ1) is 11.9. The molecule has 0 amide bonds. The van der Waals surface area contributed by atoms with E-state index in [1.165, 1.54) is 44.1 Å². The number of rotatable bonds is 5. The number of fused-ring (bicyclic) bond motifs is 2. The van der Waals surface area contributed by atoms with E-state index < -0.39 is 0 Å². The van der Waals surface area contributed by atoms with Gasteiger partial charge in [0, 0.05) is 54.9 Å². The summed E-state index contributed by atoms with van der Waals surface area (Å²) in [4.78, 5) is 7.38. The zero-order valence-corrected chi connectivity index (χ0v) is 14.0. The van der Waals surface area contributed by atoms with Gasteiger partial charge in [-0.1, -0.05) is 6.07 Å². The molecule has 2 saturated heterocycles. The maximum absolute atomic E-state index is 4.52. The highest BCUT2D eigenvalue weighted by molar-refractivity contribution is 5.32. The maximum atomic E-state index is 4.52. The molecule has 1 aliphatic carbocycles. The molecule has 1 N–H and O–H groups in total. The van der Waals surface area contributed by atoms with Gasteiger partial charge in [-0.2, -0.15) is 5.10 Å². The largest absolute Gasteiger partial charge is 0.310 e. The van der Waals surface area contributed by atoms with Gasteiger partial charge in [-0.05, 0) is 50.7 Å². The van der Waals surface area contributed by atoms with E-state index >= 15 is 0 Å². The SMILES string of the molecule is c1cnc(-n2cccn2)c(CNC2CC3CCC(C2)N3C2CC2)c1. The van der Waals surface area contributed by atoms with E-state index in [0.717, 1.165) is 30.5 Å². The van der Waals surface area contributed by atoms with Crippen LogP contribution < -0.4 is 5.32 Å². The normalized spacial score (nSPS) is 29.9. The molecule has 1 saturated carbocycles. The first-order valence-corrected chi connectivity index (χ1v) is 9.33. The van der Waals surface area contributed by atoms with Crippen molar-refractivity contribution in [1.29, 1.82) is 0 Å². The molecule has 2 unspecified atom stereocenters. The minimum absolute atomic E-state index is 0.642. The summed E-state index contributed by atoms with van der Waals surface area (Å²) in [6.07, 6.45) is 13.9. The second kappa shape index (κ2) is 5.97. The second-order valence-electron chi connectivity index (χ2n) is 7.55. The smallest absolute Gasteiger partial charge is 0.157 e. The summed E-state index contributed by atoms with van der Waals surface area (Å²) in [5.74, 6) is 0.938. The molecule has 2 bridgehead atoms. The highest BCUT2D eigenvalue weighted by atomic mass is 15.3. The average Bonchev–Trinajstić information content (AvgIpc) is 3.23. The fourth-order valence-electron chi connectivity index (χ4n) is 4.77. The van der Waals surface area contributed by atoms with Gasteiger partial charge in [-0.15, -0.1) is 0 Å². The van der Waals surface area contributed by atoms with Crippen molar-refractivity contribution in [1.82, 2.24) is 25.0 Å². The van der Waals surface area contributed by atoms with Crippen molar-refractivity contribution < 1.29 is 0 Å². The molecule has 2 aromatic rings. The standard InChI is InChI=1S/C19H25N5/c1-3-14(19(20-8-1)23-10-2-9-22-23)13-21-15-11-17-6-7-18(12-15)24(17)16-4-5-16/h1-3,8-10,15-18,21H,4-7,11-13H2. The Morgan fingerprint density at radius 2 is 1.79 bits per heavy atom. The quantitative estimate of drug-likeness (QED) is 0.918. The maximum Gasteiger partial charge on any atom is 0.157 e. The lowest BCUT2D eigenvalue weighted by molar-refractivity contribution is 0.108. The number of aromatic nitrogens is 3. The van der Waals surface area contributed by atoms with Crippen LogP contribution in [0.2, 0.25) is 0 Å². The number of hydrogen-bond donors (Lipinski definition) is 1. The number of piperidine rings is 1. The molecular weight excluding hydrogens is 298 g/mol. The van der Waals surface area contributed by atoms with Crippen molar-refractivity contribution in [3.05, 3.63) is 42.4 Å². The van der Waals surface area contributed by atoms with Gasteiger partial charge in [0.15, 0.2) is 5.82 Å². The fourth-order valence-corrected chi connectivity index (χ4v) is 4.77. The van der Waals surface area contributed by atoms with E-state index in [0.29, 0.717) is 6.04 Å². The Morgan fingerprint density at radius 3 is 2.50 bits per heavy atom. The Balaban J connectivity index is 1.26. The molecule has 0 radical (unpaired) electrons. The molecule has 2 aromatic heterocycles. The Bertz CT molecular complexity index is 680. The summed E-state index contributed by atoms with van der Waals surface area (Å²) in [6.45, 7) is 0.872. The van der Waals surface area contributed by atoms with Crippen molar-refractivity contribution >= 4 is 0 Å². The Labute approximate surface area is 143 Å². The molecule has 5 rings (SSSR count). The molecule has 5 nitrogen and oxygen atoms in total. The van der Waals surface area contributed by atoms with E-state index in [2.05, 4.69) is 26.4 Å². The van der Waals surface area contributed by atoms with Crippen molar-refractivity contribution in [3.63, 3.8) is 0 Å². The van der Waals surface area contributed by atoms with Gasteiger partial charge in [0.1, 0.15) is 0 Å². The molecule has 5 heteroatoms. The third-order valence-electron chi connectivity index (χ3n) is 5.93. The molecule has 3 aliphatic rings. The van der Waals surface area contributed by atoms with Crippen molar-refractivity contribution in [3.8, 4) is 5.82 Å². The number of pyridine rings is 1. The van der Waals surface area contributed by atoms with Gasteiger partial charge in [0.25, 0.3) is 0 Å². The van der Waals surface area contributed by atoms with Crippen molar-refractivity contribution in [2.24, 2.45) is 0 Å². The summed E-state index contributed by atoms with van der Waals surface area (Å²) in [5, 5.41) is 8.15. The Morgan fingerprint density at radius 1 is 1.00 bits per heavy atom. The van der Waals surface area contributed by atoms with E-state index in [4.69, 9.17) is 0 Å². The molecule has 2 aliphatic heterocycles. The molecular formula is C19H25N5. The van der Waals surface area contributed by atoms with Crippen LogP contribution in [0.4, 0.5) is 0 Å². The first-order valence-electron chi connectivity index (χ1n) is 9.33. The minimum atomic E-state index is 0.642. The van der Waals surface area contributed by atoms with E-state index in [1.54, 1.807) is 6.20 Å².